The van der Waals surface area contributed by atoms with Crippen molar-refractivity contribution in [3.8, 4) is 0 Å². The lowest BCUT2D eigenvalue weighted by Crippen LogP contribution is -2.08. The monoisotopic (exact) mass is 703 g/mol. The first-order chi connectivity index (χ1) is 24.2. The number of nitrogens with zero attached hydrogens (tertiary/aromatic N) is 3. The molecule has 0 unspecified atom stereocenters. The van der Waals surface area contributed by atoms with Crippen molar-refractivity contribution in [1.29, 1.82) is 0 Å². The molecular formula is C37H38ClN3O9. The summed E-state index contributed by atoms with van der Waals surface area (Å²) >= 11 is 5.17. The molecule has 1 N–H and O–H groups in total. The van der Waals surface area contributed by atoms with Gasteiger partial charge < -0.3 is 23.4 Å². The number of esters is 2. The van der Waals surface area contributed by atoms with Crippen LogP contribution >= 0.6 is 11.6 Å². The molecule has 0 bridgehead atoms. The van der Waals surface area contributed by atoms with E-state index in [1.54, 1.807) is 13.8 Å². The molecule has 262 valence electrons. The summed E-state index contributed by atoms with van der Waals surface area (Å²) in [5.41, 5.74) is 3.27. The second-order valence-corrected chi connectivity index (χ2v) is 10.2. The number of benzene rings is 3. The van der Waals surface area contributed by atoms with Gasteiger partial charge in [-0.3, -0.25) is 14.6 Å². The maximum absolute atomic E-state index is 11.6. The van der Waals surface area contributed by atoms with Gasteiger partial charge in [0.25, 0.3) is 0 Å². The summed E-state index contributed by atoms with van der Waals surface area (Å²) in [5, 5.41) is 8.50. The highest BCUT2D eigenvalue weighted by atomic mass is 35.5. The molecule has 5 rings (SSSR count). The van der Waals surface area contributed by atoms with Gasteiger partial charge in [0, 0.05) is 19.3 Å². The molecule has 0 aliphatic heterocycles. The van der Waals surface area contributed by atoms with E-state index in [-0.39, 0.29) is 29.1 Å². The highest BCUT2D eigenvalue weighted by molar-refractivity contribution is 6.63. The molecule has 50 heavy (non-hydrogen) atoms. The quantitative estimate of drug-likeness (QED) is 0.0838. The number of ether oxygens (including phenoxy) is 2. The number of halogens is 1. The van der Waals surface area contributed by atoms with Crippen LogP contribution in [-0.4, -0.2) is 64.7 Å². The van der Waals surface area contributed by atoms with E-state index in [0.29, 0.717) is 44.0 Å². The minimum Gasteiger partial charge on any atom is -0.476 e. The molecule has 0 atom stereocenters. The van der Waals surface area contributed by atoms with Gasteiger partial charge in [-0.1, -0.05) is 91.0 Å². The fourth-order valence-electron chi connectivity index (χ4n) is 3.95. The first-order valence-corrected chi connectivity index (χ1v) is 15.7. The third-order valence-electron chi connectivity index (χ3n) is 6.10. The van der Waals surface area contributed by atoms with Gasteiger partial charge in [-0.2, -0.15) is 0 Å². The summed E-state index contributed by atoms with van der Waals surface area (Å²) in [4.78, 5) is 53.9. The minimum atomic E-state index is -1.06. The third-order valence-corrected chi connectivity index (χ3v) is 6.23. The Labute approximate surface area is 294 Å². The molecule has 0 radical (unpaired) electrons. The lowest BCUT2D eigenvalue weighted by Gasteiger charge is -2.01. The summed E-state index contributed by atoms with van der Waals surface area (Å²) in [7, 11) is 0. The topological polar surface area (TPSA) is 171 Å². The van der Waals surface area contributed by atoms with Crippen LogP contribution in [0.25, 0.3) is 0 Å². The zero-order valence-corrected chi connectivity index (χ0v) is 28.5. The third kappa shape index (κ3) is 15.8. The van der Waals surface area contributed by atoms with E-state index in [1.807, 2.05) is 91.0 Å². The number of aromatic nitrogens is 2. The Morgan fingerprint density at radius 3 is 1.58 bits per heavy atom. The van der Waals surface area contributed by atoms with Crippen molar-refractivity contribution in [1.82, 2.24) is 9.97 Å². The van der Waals surface area contributed by atoms with E-state index >= 15 is 0 Å². The van der Waals surface area contributed by atoms with Crippen molar-refractivity contribution in [3.05, 3.63) is 143 Å². The average molecular weight is 704 g/mol. The largest absolute Gasteiger partial charge is 0.476 e. The van der Waals surface area contributed by atoms with Gasteiger partial charge in [0.1, 0.15) is 18.1 Å². The maximum Gasteiger partial charge on any atom is 0.360 e. The van der Waals surface area contributed by atoms with Crippen LogP contribution < -0.4 is 0 Å². The lowest BCUT2D eigenvalue weighted by atomic mass is 10.1. The van der Waals surface area contributed by atoms with Crippen LogP contribution in [0.2, 0.25) is 0 Å². The number of hydrogen-bond acceptors (Lipinski definition) is 11. The van der Waals surface area contributed by atoms with Crippen molar-refractivity contribution >= 4 is 41.5 Å². The Balaban J connectivity index is 0.000000241. The van der Waals surface area contributed by atoms with Crippen LogP contribution in [0.5, 0.6) is 0 Å². The SMILES string of the molecule is C=NCC(=O)OCC.CCOC(=O)c1ncoc1Cc1ccccc1.O=C(Cl)Cc1ccccc1.O=C(O)c1ncoc1Cc1ccccc1. The number of aliphatic imine (C=N–C) groups is 1. The molecule has 0 aliphatic rings. The normalized spacial score (nSPS) is 9.66. The van der Waals surface area contributed by atoms with Crippen molar-refractivity contribution in [2.75, 3.05) is 19.8 Å². The van der Waals surface area contributed by atoms with Gasteiger partial charge in [0.15, 0.2) is 24.2 Å². The van der Waals surface area contributed by atoms with E-state index in [0.717, 1.165) is 23.1 Å². The van der Waals surface area contributed by atoms with Gasteiger partial charge in [-0.15, -0.1) is 0 Å². The van der Waals surface area contributed by atoms with E-state index in [9.17, 15) is 19.2 Å². The molecule has 3 aromatic carbocycles. The van der Waals surface area contributed by atoms with Crippen LogP contribution in [-0.2, 0) is 38.3 Å². The summed E-state index contributed by atoms with van der Waals surface area (Å²) < 4.78 is 19.7. The Kier molecular flexibility index (Phi) is 18.9. The van der Waals surface area contributed by atoms with Crippen LogP contribution in [0.15, 0.2) is 118 Å². The van der Waals surface area contributed by atoms with Gasteiger partial charge in [-0.05, 0) is 48.9 Å². The molecule has 0 fully saturated rings. The average Bonchev–Trinajstić information content (AvgIpc) is 3.77. The molecule has 0 spiro atoms. The molecular weight excluding hydrogens is 666 g/mol. The van der Waals surface area contributed by atoms with Gasteiger partial charge in [-0.25, -0.2) is 19.6 Å². The number of rotatable bonds is 12. The lowest BCUT2D eigenvalue weighted by molar-refractivity contribution is -0.141. The second-order valence-electron chi connectivity index (χ2n) is 9.80. The zero-order chi connectivity index (χ0) is 36.6. The van der Waals surface area contributed by atoms with Gasteiger partial charge in [0.2, 0.25) is 5.24 Å². The van der Waals surface area contributed by atoms with Crippen LogP contribution in [0, 0.1) is 0 Å². The molecule has 12 nitrogen and oxygen atoms in total. The van der Waals surface area contributed by atoms with Crippen molar-refractivity contribution in [3.63, 3.8) is 0 Å². The molecule has 5 aromatic rings. The van der Waals surface area contributed by atoms with E-state index in [4.69, 9.17) is 30.3 Å². The first kappa shape index (κ1) is 40.3. The van der Waals surface area contributed by atoms with Crippen LogP contribution in [0.1, 0.15) is 63.0 Å². The standard InChI is InChI=1S/C13H13NO3.C11H9NO3.C8H7ClO.C5H9NO2/c1-2-16-13(15)12-11(17-9-14-12)8-10-6-4-3-5-7-10;13-11(14)10-9(15-7-12-10)6-8-4-2-1-3-5-8;9-8(10)6-7-4-2-1-3-5-7;1-3-8-5(7)4-6-2/h3-7,9H,2,8H2,1H3;1-5,7H,6H2,(H,13,14);1-5H,6H2;2-4H2,1H3. The summed E-state index contributed by atoms with van der Waals surface area (Å²) in [6.07, 6.45) is 3.73. The number of carboxylic acids is 1. The molecule has 13 heteroatoms. The maximum atomic E-state index is 11.6. The second kappa shape index (κ2) is 23.4. The number of carbonyl (C=O) groups is 4. The van der Waals surface area contributed by atoms with Crippen LogP contribution in [0.4, 0.5) is 0 Å². The molecule has 2 aromatic heterocycles. The predicted molar refractivity (Wildman–Crippen MR) is 186 cm³/mol. The number of aromatic carboxylic acids is 1. The van der Waals surface area contributed by atoms with Crippen molar-refractivity contribution in [2.45, 2.75) is 33.1 Å². The molecule has 0 saturated heterocycles. The number of carboxylic acid groups (broad SMARTS) is 1. The number of oxazole rings is 2. The Morgan fingerprint density at radius 1 is 0.720 bits per heavy atom. The minimum absolute atomic E-state index is 0.0150. The summed E-state index contributed by atoms with van der Waals surface area (Å²) in [6, 6.07) is 28.7. The van der Waals surface area contributed by atoms with E-state index in [2.05, 4.69) is 26.4 Å². The zero-order valence-electron chi connectivity index (χ0n) is 27.7. The number of hydrogen-bond donors (Lipinski definition) is 1. The fourth-order valence-corrected chi connectivity index (χ4v) is 4.10. The van der Waals surface area contributed by atoms with Gasteiger partial charge in [0.05, 0.1) is 13.2 Å². The highest BCUT2D eigenvalue weighted by Crippen LogP contribution is 2.15. The summed E-state index contributed by atoms with van der Waals surface area (Å²) in [5.74, 6) is -0.896. The Bertz CT molecular complexity index is 1740. The molecule has 0 aliphatic carbocycles. The Morgan fingerprint density at radius 2 is 1.16 bits per heavy atom. The van der Waals surface area contributed by atoms with E-state index in [1.165, 1.54) is 6.39 Å². The number of carbonyl (C=O) groups excluding carboxylic acids is 3. The molecule has 0 saturated carbocycles. The van der Waals surface area contributed by atoms with Crippen LogP contribution in [0.3, 0.4) is 0 Å². The van der Waals surface area contributed by atoms with Crippen molar-refractivity contribution in [2.24, 2.45) is 4.99 Å². The fraction of sp³-hybridized carbons (Fsp3) is 0.216. The summed E-state index contributed by atoms with van der Waals surface area (Å²) in [6.45, 7) is 7.45. The Hall–Kier alpha value is -5.88. The van der Waals surface area contributed by atoms with Crippen molar-refractivity contribution < 1.29 is 42.6 Å². The van der Waals surface area contributed by atoms with E-state index < -0.39 is 11.9 Å². The molecule has 2 heterocycles. The smallest absolute Gasteiger partial charge is 0.360 e. The first-order valence-electron chi connectivity index (χ1n) is 15.3. The predicted octanol–water partition coefficient (Wildman–Crippen LogP) is 6.65. The highest BCUT2D eigenvalue weighted by Gasteiger charge is 2.18. The molecule has 0 amide bonds. The van der Waals surface area contributed by atoms with Gasteiger partial charge >= 0.3 is 17.9 Å².